The van der Waals surface area contributed by atoms with Gasteiger partial charge in [0.25, 0.3) is 0 Å². The predicted molar refractivity (Wildman–Crippen MR) is 110 cm³/mol. The zero-order valence-corrected chi connectivity index (χ0v) is 17.0. The molecule has 0 heterocycles. The van der Waals surface area contributed by atoms with Gasteiger partial charge in [0.2, 0.25) is 0 Å². The van der Waals surface area contributed by atoms with Gasteiger partial charge in [0, 0.05) is 5.56 Å². The Morgan fingerprint density at radius 1 is 0.800 bits per heavy atom. The number of aromatic hydroxyl groups is 1. The first-order chi connectivity index (χ1) is 11.5. The molecule has 1 heteroatoms. The Hall–Kier alpha value is -1.76. The Balaban J connectivity index is 2.62. The van der Waals surface area contributed by atoms with Crippen molar-refractivity contribution in [1.82, 2.24) is 0 Å². The molecule has 0 aromatic heterocycles. The van der Waals surface area contributed by atoms with Crippen molar-refractivity contribution in [3.05, 3.63) is 53.1 Å². The van der Waals surface area contributed by atoms with E-state index in [2.05, 4.69) is 72.7 Å². The number of hydrogen-bond acceptors (Lipinski definition) is 1. The Kier molecular flexibility index (Phi) is 5.66. The second kappa shape index (κ2) is 7.23. The lowest BCUT2D eigenvalue weighted by Gasteiger charge is -2.26. The molecule has 2 aromatic carbocycles. The van der Waals surface area contributed by atoms with Crippen LogP contribution in [0, 0.1) is 0 Å². The van der Waals surface area contributed by atoms with Gasteiger partial charge in [-0.3, -0.25) is 0 Å². The Labute approximate surface area is 154 Å². The Bertz CT molecular complexity index is 694. The van der Waals surface area contributed by atoms with Crippen LogP contribution in [0.2, 0.25) is 0 Å². The molecule has 0 saturated heterocycles. The van der Waals surface area contributed by atoms with E-state index in [4.69, 9.17) is 0 Å². The lowest BCUT2D eigenvalue weighted by atomic mass is 9.78. The van der Waals surface area contributed by atoms with E-state index < -0.39 is 0 Å². The first kappa shape index (κ1) is 19.6. The maximum absolute atomic E-state index is 10.5. The minimum absolute atomic E-state index is 0.0749. The number of benzene rings is 2. The van der Waals surface area contributed by atoms with Crippen molar-refractivity contribution in [1.29, 1.82) is 0 Å². The van der Waals surface area contributed by atoms with Crippen LogP contribution >= 0.6 is 0 Å². The molecule has 136 valence electrons. The molecule has 0 saturated carbocycles. The van der Waals surface area contributed by atoms with E-state index in [9.17, 15) is 5.11 Å². The van der Waals surface area contributed by atoms with Crippen molar-refractivity contribution in [2.24, 2.45) is 0 Å². The monoisotopic (exact) mass is 338 g/mol. The van der Waals surface area contributed by atoms with Gasteiger partial charge >= 0.3 is 0 Å². The van der Waals surface area contributed by atoms with Crippen LogP contribution in [-0.2, 0) is 17.3 Å². The average Bonchev–Trinajstić information content (AvgIpc) is 2.52. The van der Waals surface area contributed by atoms with Gasteiger partial charge in [-0.2, -0.15) is 0 Å². The van der Waals surface area contributed by atoms with Gasteiger partial charge in [-0.05, 0) is 58.1 Å². The standard InChI is InChI=1S/C24H34O/c1-8-9-10-17-11-12-22(25)21(13-17)18-14-19(23(2,3)4)16-20(15-18)24(5,6)7/h11-16,25H,8-10H2,1-7H3. The summed E-state index contributed by atoms with van der Waals surface area (Å²) in [7, 11) is 0. The van der Waals surface area contributed by atoms with Crippen LogP contribution in [0.1, 0.15) is 78.0 Å². The van der Waals surface area contributed by atoms with Gasteiger partial charge in [-0.15, -0.1) is 0 Å². The maximum Gasteiger partial charge on any atom is 0.123 e. The van der Waals surface area contributed by atoms with Crippen LogP contribution < -0.4 is 0 Å². The van der Waals surface area contributed by atoms with Crippen molar-refractivity contribution in [2.45, 2.75) is 78.6 Å². The van der Waals surface area contributed by atoms with Crippen LogP contribution in [0.15, 0.2) is 36.4 Å². The van der Waals surface area contributed by atoms with E-state index in [1.54, 1.807) is 0 Å². The Morgan fingerprint density at radius 3 is 1.84 bits per heavy atom. The average molecular weight is 339 g/mol. The van der Waals surface area contributed by atoms with E-state index in [1.165, 1.54) is 29.5 Å². The molecular weight excluding hydrogens is 304 g/mol. The summed E-state index contributed by atoms with van der Waals surface area (Å²) in [6, 6.07) is 12.9. The molecule has 0 aliphatic rings. The van der Waals surface area contributed by atoms with E-state index in [0.29, 0.717) is 5.75 Å². The third kappa shape index (κ3) is 4.87. The predicted octanol–water partition coefficient (Wildman–Crippen LogP) is 7.00. The molecular formula is C24H34O. The molecule has 1 nitrogen and oxygen atoms in total. The lowest BCUT2D eigenvalue weighted by molar-refractivity contribution is 0.477. The zero-order valence-electron chi connectivity index (χ0n) is 17.0. The van der Waals surface area contributed by atoms with Crippen molar-refractivity contribution in [3.8, 4) is 16.9 Å². The highest BCUT2D eigenvalue weighted by Crippen LogP contribution is 2.37. The van der Waals surface area contributed by atoms with Crippen molar-refractivity contribution < 1.29 is 5.11 Å². The molecule has 0 spiro atoms. The van der Waals surface area contributed by atoms with Crippen molar-refractivity contribution in [2.75, 3.05) is 0 Å². The van der Waals surface area contributed by atoms with E-state index in [1.807, 2.05) is 12.1 Å². The number of rotatable bonds is 4. The highest BCUT2D eigenvalue weighted by Gasteiger charge is 2.21. The molecule has 0 aliphatic heterocycles. The number of phenolic OH excluding ortho intramolecular Hbond substituents is 1. The van der Waals surface area contributed by atoms with Gasteiger partial charge in [0.1, 0.15) is 5.75 Å². The fraction of sp³-hybridized carbons (Fsp3) is 0.500. The zero-order chi connectivity index (χ0) is 18.8. The third-order valence-corrected chi connectivity index (χ3v) is 4.86. The molecule has 2 aromatic rings. The van der Waals surface area contributed by atoms with Crippen LogP contribution in [-0.4, -0.2) is 5.11 Å². The first-order valence-electron chi connectivity index (χ1n) is 9.50. The van der Waals surface area contributed by atoms with Crippen LogP contribution in [0.3, 0.4) is 0 Å². The van der Waals surface area contributed by atoms with E-state index in [-0.39, 0.29) is 10.8 Å². The Morgan fingerprint density at radius 2 is 1.36 bits per heavy atom. The topological polar surface area (TPSA) is 20.2 Å². The number of phenols is 1. The molecule has 2 rings (SSSR count). The summed E-state index contributed by atoms with van der Waals surface area (Å²) in [5, 5.41) is 10.5. The van der Waals surface area contributed by atoms with Gasteiger partial charge in [-0.25, -0.2) is 0 Å². The molecule has 0 atom stereocenters. The normalized spacial score (nSPS) is 12.4. The van der Waals surface area contributed by atoms with Crippen LogP contribution in [0.4, 0.5) is 0 Å². The highest BCUT2D eigenvalue weighted by molar-refractivity contribution is 5.72. The number of unbranched alkanes of at least 4 members (excludes halogenated alkanes) is 1. The van der Waals surface area contributed by atoms with E-state index >= 15 is 0 Å². The SMILES string of the molecule is CCCCc1ccc(O)c(-c2cc(C(C)(C)C)cc(C(C)(C)C)c2)c1. The van der Waals surface area contributed by atoms with Crippen LogP contribution in [0.25, 0.3) is 11.1 Å². The highest BCUT2D eigenvalue weighted by atomic mass is 16.3. The van der Waals surface area contributed by atoms with Gasteiger partial charge < -0.3 is 5.11 Å². The molecule has 0 amide bonds. The molecule has 25 heavy (non-hydrogen) atoms. The van der Waals surface area contributed by atoms with Crippen molar-refractivity contribution >= 4 is 0 Å². The quantitative estimate of drug-likeness (QED) is 0.636. The largest absolute Gasteiger partial charge is 0.507 e. The summed E-state index contributed by atoms with van der Waals surface area (Å²) in [4.78, 5) is 0. The number of hydrogen-bond donors (Lipinski definition) is 1. The maximum atomic E-state index is 10.5. The first-order valence-corrected chi connectivity index (χ1v) is 9.50. The summed E-state index contributed by atoms with van der Waals surface area (Å²) in [5.74, 6) is 0.367. The summed E-state index contributed by atoms with van der Waals surface area (Å²) < 4.78 is 0. The second-order valence-corrected chi connectivity index (χ2v) is 9.25. The second-order valence-electron chi connectivity index (χ2n) is 9.25. The minimum Gasteiger partial charge on any atom is -0.507 e. The molecule has 0 fully saturated rings. The molecule has 0 bridgehead atoms. The summed E-state index contributed by atoms with van der Waals surface area (Å²) >= 11 is 0. The molecule has 0 aliphatic carbocycles. The molecule has 0 unspecified atom stereocenters. The van der Waals surface area contributed by atoms with Gasteiger partial charge in [0.15, 0.2) is 0 Å². The summed E-state index contributed by atoms with van der Waals surface area (Å²) in [5.41, 5.74) is 6.14. The number of aryl methyl sites for hydroxylation is 1. The lowest BCUT2D eigenvalue weighted by Crippen LogP contribution is -2.16. The fourth-order valence-electron chi connectivity index (χ4n) is 3.00. The third-order valence-electron chi connectivity index (χ3n) is 4.86. The van der Waals surface area contributed by atoms with Crippen LogP contribution in [0.5, 0.6) is 5.75 Å². The fourth-order valence-corrected chi connectivity index (χ4v) is 3.00. The molecule has 0 radical (unpaired) electrons. The summed E-state index contributed by atoms with van der Waals surface area (Å²) in [6.45, 7) is 15.7. The smallest absolute Gasteiger partial charge is 0.123 e. The molecule has 1 N–H and O–H groups in total. The minimum atomic E-state index is 0.0749. The van der Waals surface area contributed by atoms with Crippen molar-refractivity contribution in [3.63, 3.8) is 0 Å². The van der Waals surface area contributed by atoms with Gasteiger partial charge in [0.05, 0.1) is 0 Å². The van der Waals surface area contributed by atoms with Gasteiger partial charge in [-0.1, -0.05) is 79.2 Å². The summed E-state index contributed by atoms with van der Waals surface area (Å²) in [6.07, 6.45) is 3.43. The van der Waals surface area contributed by atoms with E-state index in [0.717, 1.165) is 17.5 Å².